The van der Waals surface area contributed by atoms with E-state index in [1.54, 1.807) is 6.92 Å². The van der Waals surface area contributed by atoms with Gasteiger partial charge in [-0.1, -0.05) is 58.0 Å². The Hall–Kier alpha value is -1.63. The number of hydrogen-bond acceptors (Lipinski definition) is 1. The van der Waals surface area contributed by atoms with E-state index >= 15 is 0 Å². The van der Waals surface area contributed by atoms with Crippen molar-refractivity contribution >= 4 is 5.78 Å². The molecule has 1 heteroatoms. The zero-order valence-electron chi connectivity index (χ0n) is 14.9. The van der Waals surface area contributed by atoms with E-state index < -0.39 is 0 Å². The summed E-state index contributed by atoms with van der Waals surface area (Å²) in [5.41, 5.74) is 2.14. The van der Waals surface area contributed by atoms with Gasteiger partial charge in [-0.15, -0.1) is 13.2 Å². The number of rotatable bonds is 2. The molecule has 2 aliphatic rings. The van der Waals surface area contributed by atoms with Crippen molar-refractivity contribution in [3.05, 3.63) is 60.7 Å². The summed E-state index contributed by atoms with van der Waals surface area (Å²) in [6.07, 6.45) is 7.33. The quantitative estimate of drug-likeness (QED) is 0.454. The van der Waals surface area contributed by atoms with Crippen molar-refractivity contribution in [1.82, 2.24) is 0 Å². The molecule has 1 saturated carbocycles. The van der Waals surface area contributed by atoms with Crippen LogP contribution in [0.4, 0.5) is 0 Å². The maximum absolute atomic E-state index is 11.3. The van der Waals surface area contributed by atoms with E-state index in [2.05, 4.69) is 37.4 Å². The summed E-state index contributed by atoms with van der Waals surface area (Å²) in [6.45, 7) is 15.6. The lowest BCUT2D eigenvalue weighted by Crippen LogP contribution is -2.03. The average molecular weight is 300 g/mol. The Morgan fingerprint density at radius 3 is 2.23 bits per heavy atom. The largest absolute Gasteiger partial charge is 0.295 e. The molecule has 0 spiro atoms. The van der Waals surface area contributed by atoms with Crippen molar-refractivity contribution in [3.8, 4) is 0 Å². The second-order valence-corrected chi connectivity index (χ2v) is 5.07. The first-order valence-corrected chi connectivity index (χ1v) is 8.53. The van der Waals surface area contributed by atoms with Gasteiger partial charge in [0, 0.05) is 11.5 Å². The molecule has 1 fully saturated rings. The van der Waals surface area contributed by atoms with Crippen LogP contribution in [0.15, 0.2) is 49.6 Å². The first-order valence-electron chi connectivity index (χ1n) is 8.53. The van der Waals surface area contributed by atoms with Crippen LogP contribution in [0.25, 0.3) is 0 Å². The minimum absolute atomic E-state index is 0.158. The molecule has 0 bridgehead atoms. The van der Waals surface area contributed by atoms with E-state index in [1.165, 1.54) is 18.4 Å². The second kappa shape index (κ2) is 11.0. The highest BCUT2D eigenvalue weighted by atomic mass is 16.1. The van der Waals surface area contributed by atoms with Gasteiger partial charge in [0.15, 0.2) is 5.78 Å². The van der Waals surface area contributed by atoms with Crippen LogP contribution in [0.3, 0.4) is 0 Å². The van der Waals surface area contributed by atoms with E-state index in [1.807, 2.05) is 39.8 Å². The summed E-state index contributed by atoms with van der Waals surface area (Å²) < 4.78 is 0. The lowest BCUT2D eigenvalue weighted by Gasteiger charge is -2.16. The van der Waals surface area contributed by atoms with Gasteiger partial charge < -0.3 is 0 Å². The maximum Gasteiger partial charge on any atom is 0.159 e. The third kappa shape index (κ3) is 5.63. The first kappa shape index (κ1) is 20.4. The Morgan fingerprint density at radius 1 is 1.05 bits per heavy atom. The van der Waals surface area contributed by atoms with E-state index in [4.69, 9.17) is 0 Å². The van der Waals surface area contributed by atoms with Gasteiger partial charge in [0.1, 0.15) is 0 Å². The van der Waals surface area contributed by atoms with Crippen molar-refractivity contribution in [2.24, 2.45) is 11.8 Å². The van der Waals surface area contributed by atoms with Crippen molar-refractivity contribution in [2.75, 3.05) is 0 Å². The van der Waals surface area contributed by atoms with Crippen LogP contribution < -0.4 is 0 Å². The normalized spacial score (nSPS) is 23.2. The first-order chi connectivity index (χ1) is 10.7. The van der Waals surface area contributed by atoms with Crippen molar-refractivity contribution in [1.29, 1.82) is 0 Å². The van der Waals surface area contributed by atoms with Gasteiger partial charge in [0.05, 0.1) is 0 Å². The molecule has 3 atom stereocenters. The van der Waals surface area contributed by atoms with Gasteiger partial charge in [0.2, 0.25) is 0 Å². The molecule has 1 aromatic carbocycles. The van der Waals surface area contributed by atoms with Gasteiger partial charge in [0.25, 0.3) is 0 Å². The molecule has 0 aliphatic heterocycles. The zero-order valence-corrected chi connectivity index (χ0v) is 14.9. The molecule has 2 aliphatic carbocycles. The summed E-state index contributed by atoms with van der Waals surface area (Å²) in [4.78, 5) is 11.3. The molecule has 3 unspecified atom stereocenters. The predicted octanol–water partition coefficient (Wildman–Crippen LogP) is 6.42. The molecule has 1 aromatic rings. The van der Waals surface area contributed by atoms with Crippen LogP contribution in [0.2, 0.25) is 0 Å². The monoisotopic (exact) mass is 300 g/mol. The summed E-state index contributed by atoms with van der Waals surface area (Å²) in [7, 11) is 0. The molecule has 0 N–H and O–H groups in total. The van der Waals surface area contributed by atoms with Crippen LogP contribution in [0, 0.1) is 11.8 Å². The van der Waals surface area contributed by atoms with Crippen LogP contribution in [0.5, 0.6) is 0 Å². The highest BCUT2D eigenvalue weighted by Crippen LogP contribution is 2.50. The number of Topliss-reactive ketones (excluding diaryl/α,β-unsaturated/α-hetero) is 1. The Labute approximate surface area is 137 Å². The number of benzene rings is 1. The van der Waals surface area contributed by atoms with Gasteiger partial charge in [-0.25, -0.2) is 0 Å². The van der Waals surface area contributed by atoms with Crippen molar-refractivity contribution in [2.45, 2.75) is 53.4 Å². The van der Waals surface area contributed by atoms with E-state index in [0.29, 0.717) is 5.92 Å². The zero-order chi connectivity index (χ0) is 17.1. The number of fused-ring (bicyclic) bond motifs is 1. The lowest BCUT2D eigenvalue weighted by atomic mass is 9.88. The minimum atomic E-state index is 0.158. The molecular weight excluding hydrogens is 268 g/mol. The fourth-order valence-electron chi connectivity index (χ4n) is 2.69. The van der Waals surface area contributed by atoms with Crippen LogP contribution in [0.1, 0.15) is 69.3 Å². The number of hydrogen-bond donors (Lipinski definition) is 0. The SMILES string of the molecule is C=C.CC.CC.CC(=O)c1cccc(C2C=CC3CC3C2)c1. The van der Waals surface area contributed by atoms with Crippen molar-refractivity contribution in [3.63, 3.8) is 0 Å². The summed E-state index contributed by atoms with van der Waals surface area (Å²) >= 11 is 0. The van der Waals surface area contributed by atoms with E-state index in [9.17, 15) is 4.79 Å². The summed E-state index contributed by atoms with van der Waals surface area (Å²) in [5, 5.41) is 0. The van der Waals surface area contributed by atoms with Crippen LogP contribution in [-0.2, 0) is 0 Å². The van der Waals surface area contributed by atoms with Crippen LogP contribution in [-0.4, -0.2) is 5.78 Å². The molecule has 0 heterocycles. The van der Waals surface area contributed by atoms with Crippen molar-refractivity contribution < 1.29 is 4.79 Å². The molecule has 1 nitrogen and oxygen atoms in total. The smallest absolute Gasteiger partial charge is 0.159 e. The third-order valence-corrected chi connectivity index (χ3v) is 3.85. The number of carbonyl (C=O) groups is 1. The van der Waals surface area contributed by atoms with Crippen LogP contribution >= 0.6 is 0 Å². The number of carbonyl (C=O) groups excluding carboxylic acids is 1. The van der Waals surface area contributed by atoms with E-state index in [0.717, 1.165) is 17.4 Å². The molecule has 0 radical (unpaired) electrons. The Morgan fingerprint density at radius 2 is 1.68 bits per heavy atom. The van der Waals surface area contributed by atoms with E-state index in [-0.39, 0.29) is 5.78 Å². The molecule has 3 rings (SSSR count). The Bertz CT molecular complexity index is 473. The molecular formula is C21H32O. The number of allylic oxidation sites excluding steroid dienone is 2. The van der Waals surface area contributed by atoms with Gasteiger partial charge >= 0.3 is 0 Å². The third-order valence-electron chi connectivity index (χ3n) is 3.85. The highest BCUT2D eigenvalue weighted by Gasteiger charge is 2.39. The lowest BCUT2D eigenvalue weighted by molar-refractivity contribution is 0.101. The topological polar surface area (TPSA) is 17.1 Å². The summed E-state index contributed by atoms with van der Waals surface area (Å²) in [6, 6.07) is 8.10. The fourth-order valence-corrected chi connectivity index (χ4v) is 2.69. The predicted molar refractivity (Wildman–Crippen MR) is 98.5 cm³/mol. The molecule has 122 valence electrons. The Kier molecular flexibility index (Phi) is 10.2. The minimum Gasteiger partial charge on any atom is -0.295 e. The average Bonchev–Trinajstić information content (AvgIpc) is 3.39. The van der Waals surface area contributed by atoms with Gasteiger partial charge in [-0.05, 0) is 43.2 Å². The molecule has 22 heavy (non-hydrogen) atoms. The molecule has 0 amide bonds. The second-order valence-electron chi connectivity index (χ2n) is 5.07. The standard InChI is InChI=1S/C15H16O.2C2H6.C2H4/c1-10(16)11-3-2-4-12(7-11)13-5-6-14-9-15(14)8-13;3*1-2/h2-7,13-15H,8-9H2,1H3;2*1-2H3;1-2H2. The number of ketones is 1. The molecule has 0 aromatic heterocycles. The maximum atomic E-state index is 11.3. The van der Waals surface area contributed by atoms with Gasteiger partial charge in [-0.2, -0.15) is 0 Å². The molecule has 0 saturated heterocycles. The summed E-state index contributed by atoms with van der Waals surface area (Å²) in [5.74, 6) is 2.47. The Balaban J connectivity index is 0.000000661. The van der Waals surface area contributed by atoms with Gasteiger partial charge in [-0.3, -0.25) is 4.79 Å². The highest BCUT2D eigenvalue weighted by molar-refractivity contribution is 5.94. The fraction of sp³-hybridized carbons (Fsp3) is 0.476.